The van der Waals surface area contributed by atoms with Crippen LogP contribution in [0.3, 0.4) is 0 Å². The monoisotopic (exact) mass is 396 g/mol. The van der Waals surface area contributed by atoms with E-state index in [0.29, 0.717) is 38.3 Å². The number of carbonyl (C=O) groups is 3. The molecule has 1 aliphatic heterocycles. The van der Waals surface area contributed by atoms with Gasteiger partial charge in [0.05, 0.1) is 7.11 Å². The Morgan fingerprint density at radius 1 is 1.03 bits per heavy atom. The van der Waals surface area contributed by atoms with Crippen molar-refractivity contribution in [3.8, 4) is 5.75 Å². The molecule has 1 aromatic carbocycles. The average molecular weight is 396 g/mol. The molecule has 8 nitrogen and oxygen atoms in total. The fraction of sp³-hybridized carbons (Fsp3) is 0.333. The number of carbonyl (C=O) groups excluding carboxylic acids is 3. The van der Waals surface area contributed by atoms with Crippen LogP contribution >= 0.6 is 0 Å². The van der Waals surface area contributed by atoms with E-state index in [2.05, 4.69) is 10.3 Å². The fourth-order valence-corrected chi connectivity index (χ4v) is 3.10. The molecule has 0 spiro atoms. The number of rotatable bonds is 5. The van der Waals surface area contributed by atoms with Gasteiger partial charge < -0.3 is 19.9 Å². The van der Waals surface area contributed by atoms with Gasteiger partial charge in [0.25, 0.3) is 11.8 Å². The number of hydrogen-bond donors (Lipinski definition) is 1. The molecule has 29 heavy (non-hydrogen) atoms. The first-order valence-electron chi connectivity index (χ1n) is 9.40. The van der Waals surface area contributed by atoms with Crippen LogP contribution in [0.1, 0.15) is 33.3 Å². The molecule has 0 saturated carbocycles. The van der Waals surface area contributed by atoms with Crippen LogP contribution < -0.4 is 10.1 Å². The van der Waals surface area contributed by atoms with Gasteiger partial charge in [0.1, 0.15) is 11.4 Å². The zero-order valence-electron chi connectivity index (χ0n) is 16.6. The predicted molar refractivity (Wildman–Crippen MR) is 107 cm³/mol. The molecule has 3 rings (SSSR count). The van der Waals surface area contributed by atoms with Gasteiger partial charge >= 0.3 is 0 Å². The number of ether oxygens (including phenoxy) is 1. The Balaban J connectivity index is 1.60. The van der Waals surface area contributed by atoms with Gasteiger partial charge in [-0.3, -0.25) is 19.4 Å². The Morgan fingerprint density at radius 2 is 1.69 bits per heavy atom. The Labute approximate surface area is 169 Å². The summed E-state index contributed by atoms with van der Waals surface area (Å²) in [5.74, 6) is 0.240. The minimum absolute atomic E-state index is 0.00533. The number of benzene rings is 1. The summed E-state index contributed by atoms with van der Waals surface area (Å²) in [6.45, 7) is 3.79. The third kappa shape index (κ3) is 5.10. The molecule has 1 aliphatic rings. The molecule has 0 bridgehead atoms. The highest BCUT2D eigenvalue weighted by Crippen LogP contribution is 2.12. The predicted octanol–water partition coefficient (Wildman–Crippen LogP) is 1.32. The Hall–Kier alpha value is -3.42. The fourth-order valence-electron chi connectivity index (χ4n) is 3.10. The van der Waals surface area contributed by atoms with Crippen LogP contribution in [-0.2, 0) is 11.3 Å². The smallest absolute Gasteiger partial charge is 0.272 e. The number of pyridine rings is 1. The summed E-state index contributed by atoms with van der Waals surface area (Å²) in [5.41, 5.74) is 1.53. The van der Waals surface area contributed by atoms with Gasteiger partial charge in [0, 0.05) is 51.4 Å². The molecule has 0 atom stereocenters. The summed E-state index contributed by atoms with van der Waals surface area (Å²) in [7, 11) is 1.60. The number of methoxy groups -OCH3 is 1. The van der Waals surface area contributed by atoms with Crippen molar-refractivity contribution in [2.45, 2.75) is 13.5 Å². The van der Waals surface area contributed by atoms with Crippen molar-refractivity contribution in [3.63, 3.8) is 0 Å². The number of amides is 3. The van der Waals surface area contributed by atoms with Crippen molar-refractivity contribution in [2.24, 2.45) is 0 Å². The number of aromatic nitrogens is 1. The van der Waals surface area contributed by atoms with E-state index in [-0.39, 0.29) is 23.4 Å². The lowest BCUT2D eigenvalue weighted by Crippen LogP contribution is -2.50. The maximum Gasteiger partial charge on any atom is 0.272 e. The summed E-state index contributed by atoms with van der Waals surface area (Å²) in [6.07, 6.45) is 1.46. The summed E-state index contributed by atoms with van der Waals surface area (Å²) in [5, 5.41) is 2.84. The average Bonchev–Trinajstić information content (AvgIpc) is 2.77. The highest BCUT2D eigenvalue weighted by Gasteiger charge is 2.24. The summed E-state index contributed by atoms with van der Waals surface area (Å²) < 4.78 is 5.12. The highest BCUT2D eigenvalue weighted by atomic mass is 16.5. The maximum absolute atomic E-state index is 12.7. The first kappa shape index (κ1) is 20.3. The normalized spacial score (nSPS) is 13.7. The van der Waals surface area contributed by atoms with E-state index < -0.39 is 0 Å². The Bertz CT molecular complexity index is 890. The second-order valence-corrected chi connectivity index (χ2v) is 6.76. The van der Waals surface area contributed by atoms with Crippen LogP contribution in [0, 0.1) is 0 Å². The van der Waals surface area contributed by atoms with Crippen LogP contribution in [0.25, 0.3) is 0 Å². The van der Waals surface area contributed by atoms with Gasteiger partial charge in [-0.1, -0.05) is 12.1 Å². The topological polar surface area (TPSA) is 91.8 Å². The van der Waals surface area contributed by atoms with Crippen molar-refractivity contribution < 1.29 is 19.1 Å². The minimum Gasteiger partial charge on any atom is -0.497 e. The molecule has 1 fully saturated rings. The van der Waals surface area contributed by atoms with Crippen LogP contribution in [-0.4, -0.2) is 65.8 Å². The third-order valence-corrected chi connectivity index (χ3v) is 4.87. The number of piperazine rings is 1. The van der Waals surface area contributed by atoms with Crippen LogP contribution in [0.2, 0.25) is 0 Å². The zero-order chi connectivity index (χ0) is 20.8. The zero-order valence-corrected chi connectivity index (χ0v) is 16.6. The molecule has 0 aliphatic carbocycles. The van der Waals surface area contributed by atoms with E-state index >= 15 is 0 Å². The molecule has 0 unspecified atom stereocenters. The molecule has 3 amide bonds. The summed E-state index contributed by atoms with van der Waals surface area (Å²) >= 11 is 0. The van der Waals surface area contributed by atoms with E-state index in [1.165, 1.54) is 19.2 Å². The highest BCUT2D eigenvalue weighted by molar-refractivity contribution is 5.98. The lowest BCUT2D eigenvalue weighted by atomic mass is 10.1. The van der Waals surface area contributed by atoms with Crippen molar-refractivity contribution >= 4 is 17.7 Å². The molecule has 1 aromatic heterocycles. The van der Waals surface area contributed by atoms with Gasteiger partial charge in [-0.25, -0.2) is 0 Å². The molecular weight excluding hydrogens is 372 g/mol. The molecule has 1 N–H and O–H groups in total. The first-order chi connectivity index (χ1) is 14.0. The Kier molecular flexibility index (Phi) is 6.43. The van der Waals surface area contributed by atoms with Gasteiger partial charge in [-0.15, -0.1) is 0 Å². The Morgan fingerprint density at radius 3 is 2.31 bits per heavy atom. The van der Waals surface area contributed by atoms with Gasteiger partial charge in [0.15, 0.2) is 0 Å². The van der Waals surface area contributed by atoms with Crippen molar-refractivity contribution in [1.82, 2.24) is 20.1 Å². The lowest BCUT2D eigenvalue weighted by Gasteiger charge is -2.34. The van der Waals surface area contributed by atoms with Crippen molar-refractivity contribution in [2.75, 3.05) is 33.3 Å². The quantitative estimate of drug-likeness (QED) is 0.823. The van der Waals surface area contributed by atoms with E-state index in [1.807, 2.05) is 24.3 Å². The van der Waals surface area contributed by atoms with Crippen molar-refractivity contribution in [3.05, 3.63) is 59.4 Å². The lowest BCUT2D eigenvalue weighted by molar-refractivity contribution is -0.130. The van der Waals surface area contributed by atoms with Crippen molar-refractivity contribution in [1.29, 1.82) is 0 Å². The molecule has 1 saturated heterocycles. The van der Waals surface area contributed by atoms with E-state index in [1.54, 1.807) is 23.0 Å². The molecule has 0 radical (unpaired) electrons. The number of hydrogen-bond acceptors (Lipinski definition) is 5. The summed E-state index contributed by atoms with van der Waals surface area (Å²) in [4.78, 5) is 44.1. The van der Waals surface area contributed by atoms with E-state index in [4.69, 9.17) is 4.74 Å². The van der Waals surface area contributed by atoms with E-state index in [0.717, 1.165) is 11.3 Å². The number of nitrogens with one attached hydrogen (secondary N) is 1. The molecule has 8 heteroatoms. The molecule has 2 aromatic rings. The molecular formula is C21H24N4O4. The first-order valence-corrected chi connectivity index (χ1v) is 9.40. The van der Waals surface area contributed by atoms with Crippen LogP contribution in [0.15, 0.2) is 42.6 Å². The SMILES string of the molecule is COc1ccc(CNC(=O)c2ccnc(C(=O)N3CCN(C(C)=O)CC3)c2)cc1. The minimum atomic E-state index is -0.279. The van der Waals surface area contributed by atoms with Crippen LogP contribution in [0.5, 0.6) is 5.75 Å². The standard InChI is InChI=1S/C21H24N4O4/c1-15(26)24-9-11-25(12-10-24)21(28)19-13-17(7-8-22-19)20(27)23-14-16-3-5-18(29-2)6-4-16/h3-8,13H,9-12,14H2,1-2H3,(H,23,27). The second-order valence-electron chi connectivity index (χ2n) is 6.76. The summed E-state index contributed by atoms with van der Waals surface area (Å²) in [6, 6.07) is 10.5. The van der Waals surface area contributed by atoms with Gasteiger partial charge in [-0.05, 0) is 29.8 Å². The molecule has 2 heterocycles. The second kappa shape index (κ2) is 9.18. The van der Waals surface area contributed by atoms with Gasteiger partial charge in [0.2, 0.25) is 5.91 Å². The number of nitrogens with zero attached hydrogens (tertiary/aromatic N) is 3. The van der Waals surface area contributed by atoms with Gasteiger partial charge in [-0.2, -0.15) is 0 Å². The van der Waals surface area contributed by atoms with E-state index in [9.17, 15) is 14.4 Å². The maximum atomic E-state index is 12.7. The largest absolute Gasteiger partial charge is 0.497 e. The third-order valence-electron chi connectivity index (χ3n) is 4.87. The van der Waals surface area contributed by atoms with Crippen LogP contribution in [0.4, 0.5) is 0 Å². The molecule has 152 valence electrons.